The lowest BCUT2D eigenvalue weighted by molar-refractivity contribution is -0.133. The Hall–Kier alpha value is -3.96. The normalized spacial score (nSPS) is 17.3. The highest BCUT2D eigenvalue weighted by atomic mass is 32.2. The first-order chi connectivity index (χ1) is 18.4. The van der Waals surface area contributed by atoms with Gasteiger partial charge < -0.3 is 25.5 Å². The fourth-order valence-corrected chi connectivity index (χ4v) is 5.15. The number of hydrogen-bond donors (Lipinski definition) is 3. The maximum Gasteiger partial charge on any atom is 0.251 e. The molecule has 10 nitrogen and oxygen atoms in total. The summed E-state index contributed by atoms with van der Waals surface area (Å²) in [5, 5.41) is 17.9. The van der Waals surface area contributed by atoms with Gasteiger partial charge in [-0.2, -0.15) is 5.10 Å². The molecule has 1 aliphatic heterocycles. The number of aryl methyl sites for hydroxylation is 1. The smallest absolute Gasteiger partial charge is 0.251 e. The first-order valence-electron chi connectivity index (χ1n) is 12.1. The van der Waals surface area contributed by atoms with Gasteiger partial charge in [-0.05, 0) is 55.1 Å². The van der Waals surface area contributed by atoms with E-state index in [1.54, 1.807) is 31.3 Å². The van der Waals surface area contributed by atoms with Gasteiger partial charge in [0.05, 0.1) is 11.6 Å². The van der Waals surface area contributed by atoms with Crippen LogP contribution in [0.15, 0.2) is 59.7 Å². The van der Waals surface area contributed by atoms with Crippen LogP contribution in [0.4, 0.5) is 0 Å². The van der Waals surface area contributed by atoms with E-state index in [0.29, 0.717) is 28.6 Å². The van der Waals surface area contributed by atoms with Gasteiger partial charge in [-0.1, -0.05) is 18.2 Å². The molecule has 2 heterocycles. The van der Waals surface area contributed by atoms with Gasteiger partial charge in [-0.25, -0.2) is 0 Å². The predicted octanol–water partition coefficient (Wildman–Crippen LogP) is 2.13. The largest absolute Gasteiger partial charge is 0.489 e. The molecule has 38 heavy (non-hydrogen) atoms. The van der Waals surface area contributed by atoms with Crippen LogP contribution in [0, 0.1) is 12.8 Å². The number of para-hydroxylation sites is 1. The van der Waals surface area contributed by atoms with Gasteiger partial charge in [0.1, 0.15) is 24.0 Å². The Labute approximate surface area is 224 Å². The van der Waals surface area contributed by atoms with Gasteiger partial charge >= 0.3 is 0 Å². The summed E-state index contributed by atoms with van der Waals surface area (Å²) in [5.74, 6) is -0.575. The van der Waals surface area contributed by atoms with E-state index in [0.717, 1.165) is 33.9 Å². The second-order valence-corrected chi connectivity index (χ2v) is 9.63. The number of rotatable bonds is 9. The van der Waals surface area contributed by atoms with E-state index in [1.165, 1.54) is 4.90 Å². The molecule has 11 heteroatoms. The third-order valence-corrected chi connectivity index (χ3v) is 7.00. The molecule has 3 N–H and O–H groups in total. The van der Waals surface area contributed by atoms with Crippen LogP contribution < -0.4 is 15.5 Å². The molecule has 3 aromatic rings. The minimum atomic E-state index is -0.636. The van der Waals surface area contributed by atoms with Crippen LogP contribution >= 0.6 is 11.8 Å². The standard InChI is InChI=1S/C27H29N5O5S/c1-17-11-19(21-5-3-4-6-23(21)29-17)15-37-20-9-7-18(8-10-20)26(36)30-24-13-32(25(35)14-33)12-22(24)27(31-28-2)38-16-34/h3-11,16,22,24,28,33H,12-15H2,1-2H3,(H,30,36)/b31-27-. The molecule has 1 aliphatic rings. The Balaban J connectivity index is 1.44. The summed E-state index contributed by atoms with van der Waals surface area (Å²) in [6.45, 7) is 2.08. The number of amides is 2. The second kappa shape index (κ2) is 12.5. The van der Waals surface area contributed by atoms with Gasteiger partial charge in [0, 0.05) is 48.3 Å². The number of pyridine rings is 1. The second-order valence-electron chi connectivity index (χ2n) is 8.78. The zero-order chi connectivity index (χ0) is 27.1. The number of benzene rings is 2. The lowest BCUT2D eigenvalue weighted by Crippen LogP contribution is -2.43. The van der Waals surface area contributed by atoms with Gasteiger partial charge in [0.15, 0.2) is 5.62 Å². The van der Waals surface area contributed by atoms with Crippen LogP contribution in [-0.4, -0.2) is 70.3 Å². The monoisotopic (exact) mass is 535 g/mol. The third-order valence-electron chi connectivity index (χ3n) is 6.27. The quantitative estimate of drug-likeness (QED) is 0.164. The zero-order valence-electron chi connectivity index (χ0n) is 21.1. The van der Waals surface area contributed by atoms with Crippen molar-refractivity contribution in [3.05, 3.63) is 71.4 Å². The van der Waals surface area contributed by atoms with Crippen LogP contribution in [0.5, 0.6) is 5.75 Å². The molecule has 0 bridgehead atoms. The Kier molecular flexibility index (Phi) is 8.93. The number of carbonyl (C=O) groups excluding carboxylic acids is 3. The van der Waals surface area contributed by atoms with Crippen molar-refractivity contribution >= 4 is 45.1 Å². The fourth-order valence-electron chi connectivity index (χ4n) is 4.49. The average Bonchev–Trinajstić information content (AvgIpc) is 3.34. The van der Waals surface area contributed by atoms with E-state index in [4.69, 9.17) is 4.74 Å². The highest BCUT2D eigenvalue weighted by Crippen LogP contribution is 2.25. The molecule has 1 saturated heterocycles. The van der Waals surface area contributed by atoms with Crippen molar-refractivity contribution in [3.63, 3.8) is 0 Å². The number of carbonyl (C=O) groups is 3. The maximum absolute atomic E-state index is 13.1. The van der Waals surface area contributed by atoms with E-state index in [9.17, 15) is 19.5 Å². The van der Waals surface area contributed by atoms with E-state index in [-0.39, 0.29) is 19.0 Å². The number of thioether (sulfide) groups is 1. The van der Waals surface area contributed by atoms with Crippen LogP contribution in [0.3, 0.4) is 0 Å². The highest BCUT2D eigenvalue weighted by molar-refractivity contribution is 8.24. The van der Waals surface area contributed by atoms with Crippen molar-refractivity contribution in [2.75, 3.05) is 26.7 Å². The third kappa shape index (κ3) is 6.29. The van der Waals surface area contributed by atoms with Crippen LogP contribution in [-0.2, 0) is 16.2 Å². The predicted molar refractivity (Wildman–Crippen MR) is 147 cm³/mol. The summed E-state index contributed by atoms with van der Waals surface area (Å²) in [6, 6.07) is 16.2. The van der Waals surface area contributed by atoms with E-state index < -0.39 is 24.5 Å². The number of aliphatic hydroxyl groups excluding tert-OH is 1. The molecule has 0 spiro atoms. The minimum absolute atomic E-state index is 0.193. The molecule has 4 rings (SSSR count). The Morgan fingerprint density at radius 1 is 1.21 bits per heavy atom. The van der Waals surface area contributed by atoms with Crippen molar-refractivity contribution in [2.45, 2.75) is 19.6 Å². The van der Waals surface area contributed by atoms with Gasteiger partial charge in [-0.15, -0.1) is 0 Å². The van der Waals surface area contributed by atoms with Crippen molar-refractivity contribution in [1.29, 1.82) is 0 Å². The molecule has 0 aliphatic carbocycles. The molecular formula is C27H29N5O5S. The summed E-state index contributed by atoms with van der Waals surface area (Å²) in [4.78, 5) is 42.3. The number of hydrazone groups is 1. The van der Waals surface area contributed by atoms with Crippen molar-refractivity contribution in [1.82, 2.24) is 20.6 Å². The SMILES string of the molecule is CN/N=C(\SC=O)C1CN(C(=O)CO)CC1NC(=O)c1ccc(OCc2cc(C)nc3ccccc23)cc1. The van der Waals surface area contributed by atoms with Gasteiger partial charge in [0.2, 0.25) is 5.91 Å². The lowest BCUT2D eigenvalue weighted by atomic mass is 10.0. The van der Waals surface area contributed by atoms with E-state index in [2.05, 4.69) is 20.8 Å². The number of likely N-dealkylation sites (tertiary alicyclic amines) is 1. The Bertz CT molecular complexity index is 1350. The molecule has 2 unspecified atom stereocenters. The maximum atomic E-state index is 13.1. The fraction of sp³-hybridized carbons (Fsp3) is 0.296. The van der Waals surface area contributed by atoms with Crippen LogP contribution in [0.2, 0.25) is 0 Å². The number of aromatic nitrogens is 1. The highest BCUT2D eigenvalue weighted by Gasteiger charge is 2.39. The molecule has 2 amide bonds. The lowest BCUT2D eigenvalue weighted by Gasteiger charge is -2.20. The van der Waals surface area contributed by atoms with Crippen molar-refractivity contribution < 1.29 is 24.2 Å². The molecule has 2 aromatic carbocycles. The number of nitrogens with one attached hydrogen (secondary N) is 2. The van der Waals surface area contributed by atoms with Crippen LogP contribution in [0.1, 0.15) is 21.6 Å². The minimum Gasteiger partial charge on any atom is -0.489 e. The summed E-state index contributed by atoms with van der Waals surface area (Å²) < 4.78 is 5.99. The van der Waals surface area contributed by atoms with Crippen LogP contribution in [0.25, 0.3) is 10.9 Å². The van der Waals surface area contributed by atoms with Gasteiger partial charge in [0.25, 0.3) is 5.91 Å². The number of aliphatic hydroxyl groups is 1. The molecular weight excluding hydrogens is 506 g/mol. The summed E-state index contributed by atoms with van der Waals surface area (Å²) >= 11 is 0.888. The molecule has 1 aromatic heterocycles. The molecule has 0 saturated carbocycles. The van der Waals surface area contributed by atoms with Crippen molar-refractivity contribution in [2.24, 2.45) is 11.0 Å². The molecule has 0 radical (unpaired) electrons. The van der Waals surface area contributed by atoms with E-state index >= 15 is 0 Å². The van der Waals surface area contributed by atoms with E-state index in [1.807, 2.05) is 37.3 Å². The van der Waals surface area contributed by atoms with Crippen molar-refractivity contribution in [3.8, 4) is 5.75 Å². The molecule has 2 atom stereocenters. The molecule has 198 valence electrons. The number of ether oxygens (including phenoxy) is 1. The number of hydrogen-bond acceptors (Lipinski definition) is 9. The van der Waals surface area contributed by atoms with Gasteiger partial charge in [-0.3, -0.25) is 19.4 Å². The Morgan fingerprint density at radius 2 is 1.97 bits per heavy atom. The molecule has 1 fully saturated rings. The topological polar surface area (TPSA) is 133 Å². The summed E-state index contributed by atoms with van der Waals surface area (Å²) in [6.07, 6.45) is 0. The Morgan fingerprint density at radius 3 is 2.68 bits per heavy atom. The zero-order valence-corrected chi connectivity index (χ0v) is 21.9. The summed E-state index contributed by atoms with van der Waals surface area (Å²) in [5.41, 5.74) is 6.58. The average molecular weight is 536 g/mol. The number of nitrogens with zero attached hydrogens (tertiary/aromatic N) is 3. The number of fused-ring (bicyclic) bond motifs is 1. The summed E-state index contributed by atoms with van der Waals surface area (Å²) in [7, 11) is 1.60. The first-order valence-corrected chi connectivity index (χ1v) is 12.9. The first kappa shape index (κ1) is 27.1.